The van der Waals surface area contributed by atoms with Gasteiger partial charge in [0.05, 0.1) is 30.3 Å². The predicted molar refractivity (Wildman–Crippen MR) is 143 cm³/mol. The van der Waals surface area contributed by atoms with Crippen molar-refractivity contribution in [1.29, 1.82) is 0 Å². The molecule has 1 aromatic heterocycles. The van der Waals surface area contributed by atoms with Crippen molar-refractivity contribution < 1.29 is 18.7 Å². The second kappa shape index (κ2) is 9.39. The number of hydrogen-bond donors (Lipinski definition) is 1. The number of rotatable bonds is 4. The third-order valence-electron chi connectivity index (χ3n) is 7.38. The number of ether oxygens (including phenoxy) is 1. The molecular formula is C30H30N2O5. The average molecular weight is 499 g/mol. The molecule has 0 saturated carbocycles. The Labute approximate surface area is 215 Å². The van der Waals surface area contributed by atoms with Crippen LogP contribution in [0.25, 0.3) is 11.0 Å². The summed E-state index contributed by atoms with van der Waals surface area (Å²) in [6, 6.07) is 13.6. The Morgan fingerprint density at radius 1 is 1.05 bits per heavy atom. The lowest BCUT2D eigenvalue weighted by Gasteiger charge is -2.36. The average Bonchev–Trinajstić information content (AvgIpc) is 2.88. The van der Waals surface area contributed by atoms with Crippen LogP contribution in [0.15, 0.2) is 80.5 Å². The molecule has 190 valence electrons. The molecule has 0 radical (unpaired) electrons. The molecule has 7 heteroatoms. The van der Waals surface area contributed by atoms with Crippen LogP contribution in [0, 0.1) is 6.92 Å². The molecule has 5 rings (SSSR count). The van der Waals surface area contributed by atoms with Crippen LogP contribution in [-0.2, 0) is 14.3 Å². The third kappa shape index (κ3) is 4.24. The molecule has 7 nitrogen and oxygen atoms in total. The zero-order valence-corrected chi connectivity index (χ0v) is 21.7. The van der Waals surface area contributed by atoms with Gasteiger partial charge in [-0.05, 0) is 56.0 Å². The summed E-state index contributed by atoms with van der Waals surface area (Å²) in [4.78, 5) is 42.4. The number of benzene rings is 2. The number of esters is 1. The van der Waals surface area contributed by atoms with Crippen LogP contribution in [0.5, 0.6) is 0 Å². The van der Waals surface area contributed by atoms with Crippen molar-refractivity contribution in [2.45, 2.75) is 38.5 Å². The first kappa shape index (κ1) is 24.6. The van der Waals surface area contributed by atoms with Crippen LogP contribution in [0.2, 0.25) is 0 Å². The monoisotopic (exact) mass is 498 g/mol. The zero-order valence-electron chi connectivity index (χ0n) is 21.7. The summed E-state index contributed by atoms with van der Waals surface area (Å²) in [5, 5.41) is 3.72. The summed E-state index contributed by atoms with van der Waals surface area (Å²) in [5.41, 5.74) is 5.52. The van der Waals surface area contributed by atoms with Crippen LogP contribution in [0.3, 0.4) is 0 Å². The molecule has 2 atom stereocenters. The third-order valence-corrected chi connectivity index (χ3v) is 7.38. The summed E-state index contributed by atoms with van der Waals surface area (Å²) in [6.07, 6.45) is 2.25. The van der Waals surface area contributed by atoms with Crippen molar-refractivity contribution in [3.05, 3.63) is 98.2 Å². The summed E-state index contributed by atoms with van der Waals surface area (Å²) in [6.45, 7) is 3.67. The van der Waals surface area contributed by atoms with Gasteiger partial charge in [-0.25, -0.2) is 4.79 Å². The fourth-order valence-corrected chi connectivity index (χ4v) is 5.47. The molecule has 0 fully saturated rings. The topological polar surface area (TPSA) is 88.8 Å². The van der Waals surface area contributed by atoms with Crippen molar-refractivity contribution in [2.75, 3.05) is 26.1 Å². The second-order valence-electron chi connectivity index (χ2n) is 10.0. The zero-order chi connectivity index (χ0) is 26.4. The van der Waals surface area contributed by atoms with E-state index in [1.165, 1.54) is 13.4 Å². The Kier molecular flexibility index (Phi) is 6.23. The van der Waals surface area contributed by atoms with Gasteiger partial charge in [0, 0.05) is 48.7 Å². The van der Waals surface area contributed by atoms with Crippen LogP contribution in [-0.4, -0.2) is 33.0 Å². The number of anilines is 1. The number of hydrogen-bond acceptors (Lipinski definition) is 7. The van der Waals surface area contributed by atoms with Crippen molar-refractivity contribution in [3.63, 3.8) is 0 Å². The molecule has 0 bridgehead atoms. The van der Waals surface area contributed by atoms with Crippen LogP contribution < -0.4 is 15.6 Å². The quantitative estimate of drug-likeness (QED) is 0.522. The molecule has 37 heavy (non-hydrogen) atoms. The van der Waals surface area contributed by atoms with Gasteiger partial charge in [0.2, 0.25) is 0 Å². The molecule has 2 unspecified atom stereocenters. The van der Waals surface area contributed by atoms with Crippen LogP contribution in [0.4, 0.5) is 5.69 Å². The Morgan fingerprint density at radius 3 is 2.46 bits per heavy atom. The Balaban J connectivity index is 1.64. The molecule has 2 heterocycles. The summed E-state index contributed by atoms with van der Waals surface area (Å²) in [7, 11) is 5.27. The normalized spacial score (nSPS) is 19.5. The number of fused-ring (bicyclic) bond motifs is 1. The Morgan fingerprint density at radius 2 is 1.78 bits per heavy atom. The van der Waals surface area contributed by atoms with Gasteiger partial charge in [-0.1, -0.05) is 23.8 Å². The van der Waals surface area contributed by atoms with Crippen molar-refractivity contribution in [2.24, 2.45) is 0 Å². The van der Waals surface area contributed by atoms with E-state index in [2.05, 4.69) is 17.4 Å². The number of dihydropyridines is 1. The first-order valence-electron chi connectivity index (χ1n) is 12.3. The predicted octanol–water partition coefficient (Wildman–Crippen LogP) is 4.70. The summed E-state index contributed by atoms with van der Waals surface area (Å²) >= 11 is 0. The van der Waals surface area contributed by atoms with Crippen LogP contribution in [0.1, 0.15) is 48.3 Å². The number of nitrogens with zero attached hydrogens (tertiary/aromatic N) is 1. The number of Topliss-reactive ketones (excluding diaryl/α,β-unsaturated/α-hetero) is 1. The van der Waals surface area contributed by atoms with Gasteiger partial charge in [-0.3, -0.25) is 9.59 Å². The minimum atomic E-state index is -0.866. The number of methoxy groups -OCH3 is 1. The molecule has 2 aliphatic rings. The van der Waals surface area contributed by atoms with Gasteiger partial charge >= 0.3 is 5.97 Å². The van der Waals surface area contributed by atoms with E-state index in [-0.39, 0.29) is 34.7 Å². The number of carbonyl (C=O) groups excluding carboxylic acids is 2. The maximum atomic E-state index is 13.7. The summed E-state index contributed by atoms with van der Waals surface area (Å²) < 4.78 is 10.9. The maximum absolute atomic E-state index is 13.7. The molecule has 3 aromatic rings. The standard InChI is InChI=1S/C30H30N2O5/c1-16-6-11-25-21(12-16)29(34)22(15-37-25)27-26(30(35)36-5)17(2)31-23-13-19(14-24(33)28(23)27)18-7-9-20(10-8-18)32(3)4/h6-12,15,19,27,31H,13-14H2,1-5H3. The van der Waals surface area contributed by atoms with Crippen molar-refractivity contribution in [3.8, 4) is 0 Å². The maximum Gasteiger partial charge on any atom is 0.336 e. The lowest BCUT2D eigenvalue weighted by molar-refractivity contribution is -0.136. The SMILES string of the molecule is COC(=O)C1=C(C)NC2=C(C(=O)CC(c3ccc(N(C)C)cc3)C2)C1c1coc2ccc(C)cc2c1=O. The fourth-order valence-electron chi connectivity index (χ4n) is 5.47. The highest BCUT2D eigenvalue weighted by molar-refractivity contribution is 6.04. The number of nitrogens with one attached hydrogen (secondary N) is 1. The lowest BCUT2D eigenvalue weighted by atomic mass is 9.72. The van der Waals surface area contributed by atoms with Gasteiger partial charge in [0.15, 0.2) is 11.2 Å². The Bertz CT molecular complexity index is 1540. The molecule has 0 spiro atoms. The van der Waals surface area contributed by atoms with E-state index in [1.54, 1.807) is 19.1 Å². The molecule has 1 N–H and O–H groups in total. The van der Waals surface area contributed by atoms with Gasteiger partial charge in [-0.15, -0.1) is 0 Å². The fraction of sp³-hybridized carbons (Fsp3) is 0.300. The molecule has 1 aliphatic carbocycles. The molecule has 1 aliphatic heterocycles. The van der Waals surface area contributed by atoms with E-state index in [0.717, 1.165) is 22.5 Å². The van der Waals surface area contributed by atoms with E-state index >= 15 is 0 Å². The molecular weight excluding hydrogens is 468 g/mol. The molecule has 2 aromatic carbocycles. The summed E-state index contributed by atoms with van der Waals surface area (Å²) in [5.74, 6) is -1.56. The van der Waals surface area contributed by atoms with E-state index in [1.807, 2.05) is 44.1 Å². The van der Waals surface area contributed by atoms with E-state index < -0.39 is 11.9 Å². The minimum absolute atomic E-state index is 0.0150. The highest BCUT2D eigenvalue weighted by Gasteiger charge is 2.42. The van der Waals surface area contributed by atoms with Gasteiger partial charge < -0.3 is 19.4 Å². The van der Waals surface area contributed by atoms with Gasteiger partial charge in [0.25, 0.3) is 0 Å². The second-order valence-corrected chi connectivity index (χ2v) is 10.0. The van der Waals surface area contributed by atoms with E-state index in [4.69, 9.17) is 9.15 Å². The van der Waals surface area contributed by atoms with Crippen molar-refractivity contribution >= 4 is 28.4 Å². The molecule has 0 saturated heterocycles. The first-order chi connectivity index (χ1) is 17.7. The smallest absolute Gasteiger partial charge is 0.336 e. The lowest BCUT2D eigenvalue weighted by Crippen LogP contribution is -2.37. The number of allylic oxidation sites excluding steroid dienone is 3. The largest absolute Gasteiger partial charge is 0.466 e. The van der Waals surface area contributed by atoms with E-state index in [0.29, 0.717) is 28.7 Å². The van der Waals surface area contributed by atoms with Crippen molar-refractivity contribution in [1.82, 2.24) is 5.32 Å². The van der Waals surface area contributed by atoms with Gasteiger partial charge in [0.1, 0.15) is 5.58 Å². The highest BCUT2D eigenvalue weighted by Crippen LogP contribution is 2.45. The first-order valence-corrected chi connectivity index (χ1v) is 12.3. The minimum Gasteiger partial charge on any atom is -0.466 e. The number of aryl methyl sites for hydroxylation is 1. The number of carbonyl (C=O) groups is 2. The van der Waals surface area contributed by atoms with Gasteiger partial charge in [-0.2, -0.15) is 0 Å². The van der Waals surface area contributed by atoms with Crippen LogP contribution >= 0.6 is 0 Å². The molecule has 0 amide bonds. The number of ketones is 1. The van der Waals surface area contributed by atoms with E-state index in [9.17, 15) is 14.4 Å². The highest BCUT2D eigenvalue weighted by atomic mass is 16.5. The Hall–Kier alpha value is -4.13.